The first-order valence-electron chi connectivity index (χ1n) is 9.31. The molecular formula is C22H17ClN4S2. The minimum absolute atomic E-state index is 0.754. The molecule has 0 aliphatic carbocycles. The number of thioether (sulfide) groups is 1. The van der Waals surface area contributed by atoms with Crippen molar-refractivity contribution in [3.05, 3.63) is 71.2 Å². The Balaban J connectivity index is 1.47. The Morgan fingerprint density at radius 2 is 1.83 bits per heavy atom. The molecule has 5 rings (SSSR count). The maximum Gasteiger partial charge on any atom is 0.191 e. The van der Waals surface area contributed by atoms with Gasteiger partial charge in [-0.1, -0.05) is 53.7 Å². The standard InChI is InChI=1S/C22H17ClN4S2/c1-2-27-20(25-26-22(27)28-13-14-7-9-17(23)10-8-14)19-12-16-11-15-5-3-4-6-18(15)24-21(16)29-19/h3-12H,2,13H2,1H3. The van der Waals surface area contributed by atoms with Gasteiger partial charge in [-0.05, 0) is 42.8 Å². The minimum atomic E-state index is 0.754. The molecule has 0 amide bonds. The van der Waals surface area contributed by atoms with E-state index in [1.165, 1.54) is 5.56 Å². The average Bonchev–Trinajstić information content (AvgIpc) is 3.34. The fourth-order valence-corrected chi connectivity index (χ4v) is 5.38. The van der Waals surface area contributed by atoms with Gasteiger partial charge in [-0.2, -0.15) is 0 Å². The fourth-order valence-electron chi connectivity index (χ4n) is 3.28. The van der Waals surface area contributed by atoms with Crippen LogP contribution in [0.1, 0.15) is 12.5 Å². The molecule has 0 spiro atoms. The second kappa shape index (κ2) is 7.78. The maximum absolute atomic E-state index is 5.98. The summed E-state index contributed by atoms with van der Waals surface area (Å²) in [5.41, 5.74) is 2.23. The van der Waals surface area contributed by atoms with Crippen molar-refractivity contribution in [1.29, 1.82) is 0 Å². The first kappa shape index (κ1) is 18.6. The van der Waals surface area contributed by atoms with Gasteiger partial charge in [-0.3, -0.25) is 0 Å². The number of para-hydroxylation sites is 1. The van der Waals surface area contributed by atoms with E-state index < -0.39 is 0 Å². The summed E-state index contributed by atoms with van der Waals surface area (Å²) in [4.78, 5) is 6.93. The summed E-state index contributed by atoms with van der Waals surface area (Å²) in [6.07, 6.45) is 0. The lowest BCUT2D eigenvalue weighted by molar-refractivity contribution is 0.688. The summed E-state index contributed by atoms with van der Waals surface area (Å²) in [5, 5.41) is 12.9. The van der Waals surface area contributed by atoms with E-state index in [2.05, 4.69) is 39.9 Å². The zero-order valence-corrected chi connectivity index (χ0v) is 18.1. The molecule has 7 heteroatoms. The number of rotatable bonds is 5. The lowest BCUT2D eigenvalue weighted by Crippen LogP contribution is -1.99. The second-order valence-electron chi connectivity index (χ2n) is 6.65. The molecule has 0 radical (unpaired) electrons. The van der Waals surface area contributed by atoms with Crippen LogP contribution in [0.15, 0.2) is 65.8 Å². The Kier molecular flexibility index (Phi) is 4.99. The first-order valence-corrected chi connectivity index (χ1v) is 11.5. The van der Waals surface area contributed by atoms with E-state index in [9.17, 15) is 0 Å². The summed E-state index contributed by atoms with van der Waals surface area (Å²) in [5.74, 6) is 1.73. The quantitative estimate of drug-likeness (QED) is 0.288. The van der Waals surface area contributed by atoms with Crippen molar-refractivity contribution in [3.8, 4) is 10.7 Å². The van der Waals surface area contributed by atoms with E-state index in [-0.39, 0.29) is 0 Å². The van der Waals surface area contributed by atoms with Gasteiger partial charge in [-0.25, -0.2) is 4.98 Å². The highest BCUT2D eigenvalue weighted by atomic mass is 35.5. The molecule has 2 aromatic carbocycles. The van der Waals surface area contributed by atoms with Gasteiger partial charge >= 0.3 is 0 Å². The van der Waals surface area contributed by atoms with Gasteiger partial charge in [-0.15, -0.1) is 21.5 Å². The summed E-state index contributed by atoms with van der Waals surface area (Å²) in [6.45, 7) is 2.94. The minimum Gasteiger partial charge on any atom is -0.302 e. The van der Waals surface area contributed by atoms with E-state index in [4.69, 9.17) is 16.6 Å². The van der Waals surface area contributed by atoms with Crippen LogP contribution in [-0.4, -0.2) is 19.7 Å². The Morgan fingerprint density at radius 1 is 1.00 bits per heavy atom. The highest BCUT2D eigenvalue weighted by Crippen LogP contribution is 2.35. The van der Waals surface area contributed by atoms with E-state index in [1.807, 2.05) is 42.5 Å². The van der Waals surface area contributed by atoms with Crippen molar-refractivity contribution < 1.29 is 0 Å². The fraction of sp³-hybridized carbons (Fsp3) is 0.136. The summed E-state index contributed by atoms with van der Waals surface area (Å²) in [6, 6.07) is 20.5. The van der Waals surface area contributed by atoms with Crippen LogP contribution in [0, 0.1) is 0 Å². The van der Waals surface area contributed by atoms with Gasteiger partial charge in [0.05, 0.1) is 10.4 Å². The van der Waals surface area contributed by atoms with Crippen LogP contribution < -0.4 is 0 Å². The van der Waals surface area contributed by atoms with Crippen molar-refractivity contribution >= 4 is 55.8 Å². The van der Waals surface area contributed by atoms with Crippen molar-refractivity contribution in [1.82, 2.24) is 19.7 Å². The second-order valence-corrected chi connectivity index (χ2v) is 9.06. The molecule has 5 aromatic rings. The number of aromatic nitrogens is 4. The Labute approximate surface area is 181 Å². The lowest BCUT2D eigenvalue weighted by Gasteiger charge is -2.06. The van der Waals surface area contributed by atoms with Crippen molar-refractivity contribution in [2.45, 2.75) is 24.4 Å². The molecule has 0 saturated heterocycles. The SMILES string of the molecule is CCn1c(SCc2ccc(Cl)cc2)nnc1-c1cc2cc3ccccc3nc2s1. The molecule has 4 nitrogen and oxygen atoms in total. The number of fused-ring (bicyclic) bond motifs is 2. The van der Waals surface area contributed by atoms with Crippen LogP contribution in [0.2, 0.25) is 5.02 Å². The normalized spacial score (nSPS) is 11.5. The zero-order valence-electron chi connectivity index (χ0n) is 15.7. The van der Waals surface area contributed by atoms with Gasteiger partial charge in [0.25, 0.3) is 0 Å². The molecule has 0 aliphatic heterocycles. The number of benzene rings is 2. The molecule has 0 N–H and O–H groups in total. The molecule has 3 heterocycles. The Hall–Kier alpha value is -2.41. The topological polar surface area (TPSA) is 43.6 Å². The first-order chi connectivity index (χ1) is 14.2. The molecule has 0 atom stereocenters. The van der Waals surface area contributed by atoms with Crippen molar-refractivity contribution in [3.63, 3.8) is 0 Å². The third-order valence-electron chi connectivity index (χ3n) is 4.74. The number of hydrogen-bond donors (Lipinski definition) is 0. The van der Waals surface area contributed by atoms with Crippen LogP contribution in [-0.2, 0) is 12.3 Å². The number of pyridine rings is 1. The number of hydrogen-bond acceptors (Lipinski definition) is 5. The van der Waals surface area contributed by atoms with Crippen LogP contribution in [0.25, 0.3) is 31.8 Å². The predicted octanol–water partition coefficient (Wildman–Crippen LogP) is 6.67. The molecule has 3 aromatic heterocycles. The maximum atomic E-state index is 5.98. The average molecular weight is 437 g/mol. The van der Waals surface area contributed by atoms with Crippen LogP contribution >= 0.6 is 34.7 Å². The third kappa shape index (κ3) is 3.64. The third-order valence-corrected chi connectivity index (χ3v) is 7.08. The van der Waals surface area contributed by atoms with Crippen LogP contribution in [0.5, 0.6) is 0 Å². The lowest BCUT2D eigenvalue weighted by atomic mass is 10.2. The highest BCUT2D eigenvalue weighted by Gasteiger charge is 2.16. The van der Waals surface area contributed by atoms with E-state index in [0.29, 0.717) is 0 Å². The summed E-state index contributed by atoms with van der Waals surface area (Å²) >= 11 is 9.33. The smallest absolute Gasteiger partial charge is 0.191 e. The Bertz CT molecular complexity index is 1260. The molecule has 0 bridgehead atoms. The molecular weight excluding hydrogens is 420 g/mol. The van der Waals surface area contributed by atoms with E-state index in [1.54, 1.807) is 23.1 Å². The summed E-state index contributed by atoms with van der Waals surface area (Å²) in [7, 11) is 0. The van der Waals surface area contributed by atoms with Gasteiger partial charge in [0.1, 0.15) is 4.83 Å². The van der Waals surface area contributed by atoms with E-state index >= 15 is 0 Å². The van der Waals surface area contributed by atoms with Crippen molar-refractivity contribution in [2.75, 3.05) is 0 Å². The molecule has 29 heavy (non-hydrogen) atoms. The zero-order chi connectivity index (χ0) is 19.8. The van der Waals surface area contributed by atoms with Crippen LogP contribution in [0.4, 0.5) is 0 Å². The molecule has 0 unspecified atom stereocenters. The Morgan fingerprint density at radius 3 is 2.66 bits per heavy atom. The van der Waals surface area contributed by atoms with Gasteiger partial charge in [0.2, 0.25) is 0 Å². The van der Waals surface area contributed by atoms with Crippen LogP contribution in [0.3, 0.4) is 0 Å². The molecule has 0 aliphatic rings. The monoisotopic (exact) mass is 436 g/mol. The number of thiophene rings is 1. The van der Waals surface area contributed by atoms with E-state index in [0.717, 1.165) is 54.3 Å². The number of halogens is 1. The summed E-state index contributed by atoms with van der Waals surface area (Å²) < 4.78 is 2.17. The van der Waals surface area contributed by atoms with Gasteiger partial charge < -0.3 is 4.57 Å². The molecule has 0 saturated carbocycles. The molecule has 144 valence electrons. The van der Waals surface area contributed by atoms with Gasteiger partial charge in [0.15, 0.2) is 11.0 Å². The largest absolute Gasteiger partial charge is 0.302 e. The highest BCUT2D eigenvalue weighted by molar-refractivity contribution is 7.98. The number of nitrogens with zero attached hydrogens (tertiary/aromatic N) is 4. The molecule has 0 fully saturated rings. The van der Waals surface area contributed by atoms with Gasteiger partial charge in [0, 0.05) is 28.1 Å². The predicted molar refractivity (Wildman–Crippen MR) is 123 cm³/mol. The van der Waals surface area contributed by atoms with Crippen molar-refractivity contribution in [2.24, 2.45) is 0 Å².